The van der Waals surface area contributed by atoms with E-state index in [0.29, 0.717) is 12.1 Å². The van der Waals surface area contributed by atoms with Crippen molar-refractivity contribution in [1.29, 1.82) is 0 Å². The van der Waals surface area contributed by atoms with Gasteiger partial charge in [-0.05, 0) is 39.0 Å². The zero-order chi connectivity index (χ0) is 23.1. The molecule has 4 N–H and O–H groups in total. The van der Waals surface area contributed by atoms with E-state index in [2.05, 4.69) is 16.1 Å². The second kappa shape index (κ2) is 9.94. The largest absolute Gasteiger partial charge is 0.444 e. The van der Waals surface area contributed by atoms with Gasteiger partial charge < -0.3 is 10.1 Å². The van der Waals surface area contributed by atoms with E-state index in [1.807, 2.05) is 5.43 Å². The highest BCUT2D eigenvalue weighted by Crippen LogP contribution is 2.32. The van der Waals surface area contributed by atoms with E-state index in [1.54, 1.807) is 27.7 Å². The number of rotatable bonds is 5. The minimum Gasteiger partial charge on any atom is -0.444 e. The first-order chi connectivity index (χ1) is 13.7. The fourth-order valence-corrected chi connectivity index (χ4v) is 1.96. The van der Waals surface area contributed by atoms with Gasteiger partial charge in [-0.15, -0.1) is 0 Å². The highest BCUT2D eigenvalue weighted by Gasteiger charge is 2.32. The number of amides is 4. The van der Waals surface area contributed by atoms with Crippen LogP contribution in [-0.4, -0.2) is 36.0 Å². The molecule has 0 spiro atoms. The molecule has 12 heteroatoms. The fraction of sp³-hybridized carbons (Fsp3) is 0.444. The average molecular weight is 432 g/mol. The van der Waals surface area contributed by atoms with Gasteiger partial charge in [0.25, 0.3) is 11.8 Å². The predicted molar refractivity (Wildman–Crippen MR) is 100 cm³/mol. The number of alkyl halides is 3. The van der Waals surface area contributed by atoms with Gasteiger partial charge in [-0.25, -0.2) is 4.79 Å². The number of benzene rings is 1. The molecule has 0 aliphatic carbocycles. The van der Waals surface area contributed by atoms with Gasteiger partial charge in [0, 0.05) is 6.42 Å². The lowest BCUT2D eigenvalue weighted by Crippen LogP contribution is -2.46. The fourth-order valence-electron chi connectivity index (χ4n) is 1.96. The Bertz CT molecular complexity index is 819. The van der Waals surface area contributed by atoms with Gasteiger partial charge in [0.05, 0.1) is 23.4 Å². The topological polar surface area (TPSA) is 126 Å². The van der Waals surface area contributed by atoms with Gasteiger partial charge in [-0.2, -0.15) is 13.2 Å². The normalized spacial score (nSPS) is 11.3. The van der Waals surface area contributed by atoms with Crippen molar-refractivity contribution in [3.8, 4) is 0 Å². The molecule has 166 valence electrons. The summed E-state index contributed by atoms with van der Waals surface area (Å²) in [5.41, 5.74) is 1.33. The molecule has 4 amide bonds. The summed E-state index contributed by atoms with van der Waals surface area (Å²) in [6.07, 6.45) is -5.60. The lowest BCUT2D eigenvalue weighted by Gasteiger charge is -2.20. The lowest BCUT2D eigenvalue weighted by atomic mass is 10.1. The van der Waals surface area contributed by atoms with Crippen molar-refractivity contribution in [2.75, 3.05) is 11.9 Å². The van der Waals surface area contributed by atoms with E-state index in [4.69, 9.17) is 4.74 Å². The third-order valence-electron chi connectivity index (χ3n) is 3.30. The zero-order valence-electron chi connectivity index (χ0n) is 16.8. The molecule has 30 heavy (non-hydrogen) atoms. The van der Waals surface area contributed by atoms with Gasteiger partial charge in [0.2, 0.25) is 5.91 Å². The molecule has 0 heterocycles. The SMILES string of the molecule is CCC(=O)NNC(=O)CNC(=O)c1cc(C(F)(F)F)ccc1NC(=O)OC(C)(C)C. The monoisotopic (exact) mass is 432 g/mol. The number of halogens is 3. The zero-order valence-corrected chi connectivity index (χ0v) is 16.8. The Hall–Kier alpha value is -3.31. The van der Waals surface area contributed by atoms with Crippen molar-refractivity contribution < 1.29 is 37.1 Å². The molecule has 0 bridgehead atoms. The molecular formula is C18H23F3N4O5. The Morgan fingerprint density at radius 2 is 1.60 bits per heavy atom. The first-order valence-electron chi connectivity index (χ1n) is 8.80. The van der Waals surface area contributed by atoms with E-state index >= 15 is 0 Å². The Morgan fingerprint density at radius 1 is 1.00 bits per heavy atom. The molecule has 1 rings (SSSR count). The molecule has 0 saturated heterocycles. The summed E-state index contributed by atoms with van der Waals surface area (Å²) < 4.78 is 44.1. The third kappa shape index (κ3) is 8.37. The first kappa shape index (κ1) is 24.7. The molecule has 1 aromatic rings. The van der Waals surface area contributed by atoms with Crippen molar-refractivity contribution in [2.24, 2.45) is 0 Å². The second-order valence-electron chi connectivity index (χ2n) is 7.02. The molecule has 0 saturated carbocycles. The summed E-state index contributed by atoms with van der Waals surface area (Å²) >= 11 is 0. The number of ether oxygens (including phenoxy) is 1. The summed E-state index contributed by atoms with van der Waals surface area (Å²) in [6.45, 7) is 5.68. The molecule has 0 radical (unpaired) electrons. The van der Waals surface area contributed by atoms with Crippen molar-refractivity contribution in [3.05, 3.63) is 29.3 Å². The molecule has 1 aromatic carbocycles. The van der Waals surface area contributed by atoms with Crippen LogP contribution >= 0.6 is 0 Å². The number of carbonyl (C=O) groups is 4. The third-order valence-corrected chi connectivity index (χ3v) is 3.30. The maximum Gasteiger partial charge on any atom is 0.416 e. The van der Waals surface area contributed by atoms with Crippen LogP contribution < -0.4 is 21.5 Å². The Kier molecular flexibility index (Phi) is 8.19. The maximum absolute atomic E-state index is 13.0. The lowest BCUT2D eigenvalue weighted by molar-refractivity contribution is -0.137. The van der Waals surface area contributed by atoms with Crippen LogP contribution in [0.25, 0.3) is 0 Å². The molecule has 0 fully saturated rings. The Labute approximate surface area is 170 Å². The van der Waals surface area contributed by atoms with Gasteiger partial charge >= 0.3 is 12.3 Å². The average Bonchev–Trinajstić information content (AvgIpc) is 2.61. The molecular weight excluding hydrogens is 409 g/mol. The Morgan fingerprint density at radius 3 is 2.13 bits per heavy atom. The predicted octanol–water partition coefficient (Wildman–Crippen LogP) is 2.34. The van der Waals surface area contributed by atoms with Crippen LogP contribution in [-0.2, 0) is 20.5 Å². The minimum atomic E-state index is -4.73. The van der Waals surface area contributed by atoms with Crippen molar-refractivity contribution >= 4 is 29.5 Å². The summed E-state index contributed by atoms with van der Waals surface area (Å²) in [4.78, 5) is 47.0. The molecule has 9 nitrogen and oxygen atoms in total. The molecule has 0 unspecified atom stereocenters. The standard InChI is InChI=1S/C18H23F3N4O5/c1-5-13(26)24-25-14(27)9-22-15(28)11-8-10(18(19,20)21)6-7-12(11)23-16(29)30-17(2,3)4/h6-8H,5,9H2,1-4H3,(H,22,28)(H,23,29)(H,24,26)(H,25,27). The van der Waals surface area contributed by atoms with Gasteiger partial charge in [0.1, 0.15) is 5.60 Å². The molecule has 0 atom stereocenters. The highest BCUT2D eigenvalue weighted by atomic mass is 19.4. The number of nitrogens with one attached hydrogen (secondary N) is 4. The first-order valence-corrected chi connectivity index (χ1v) is 8.80. The van der Waals surface area contributed by atoms with Crippen LogP contribution in [0.4, 0.5) is 23.7 Å². The summed E-state index contributed by atoms with van der Waals surface area (Å²) in [7, 11) is 0. The van der Waals surface area contributed by atoms with E-state index in [1.165, 1.54) is 0 Å². The van der Waals surface area contributed by atoms with E-state index in [9.17, 15) is 32.3 Å². The van der Waals surface area contributed by atoms with E-state index < -0.39 is 53.3 Å². The van der Waals surface area contributed by atoms with Crippen LogP contribution in [0.15, 0.2) is 18.2 Å². The summed E-state index contributed by atoms with van der Waals surface area (Å²) in [6, 6.07) is 2.14. The van der Waals surface area contributed by atoms with Gasteiger partial charge in [-0.1, -0.05) is 6.92 Å². The van der Waals surface area contributed by atoms with Crippen LogP contribution in [0.2, 0.25) is 0 Å². The van der Waals surface area contributed by atoms with Crippen molar-refractivity contribution in [2.45, 2.75) is 45.9 Å². The number of carbonyl (C=O) groups excluding carboxylic acids is 4. The van der Waals surface area contributed by atoms with Gasteiger partial charge in [0.15, 0.2) is 0 Å². The van der Waals surface area contributed by atoms with Crippen molar-refractivity contribution in [1.82, 2.24) is 16.2 Å². The van der Waals surface area contributed by atoms with E-state index in [-0.39, 0.29) is 12.1 Å². The molecule has 0 aliphatic heterocycles. The van der Waals surface area contributed by atoms with Crippen LogP contribution in [0.5, 0.6) is 0 Å². The van der Waals surface area contributed by atoms with E-state index in [0.717, 1.165) is 6.07 Å². The number of hydrazine groups is 1. The maximum atomic E-state index is 13.0. The van der Waals surface area contributed by atoms with Crippen LogP contribution in [0, 0.1) is 0 Å². The smallest absolute Gasteiger partial charge is 0.416 e. The molecule has 0 aliphatic rings. The number of anilines is 1. The summed E-state index contributed by atoms with van der Waals surface area (Å²) in [5.74, 6) is -2.33. The Balaban J connectivity index is 2.99. The highest BCUT2D eigenvalue weighted by molar-refractivity contribution is 6.04. The van der Waals surface area contributed by atoms with Gasteiger partial charge in [-0.3, -0.25) is 30.6 Å². The van der Waals surface area contributed by atoms with Crippen LogP contribution in [0.1, 0.15) is 50.0 Å². The van der Waals surface area contributed by atoms with Crippen LogP contribution in [0.3, 0.4) is 0 Å². The minimum absolute atomic E-state index is 0.108. The number of hydrogen-bond donors (Lipinski definition) is 4. The number of hydrogen-bond acceptors (Lipinski definition) is 5. The second-order valence-corrected chi connectivity index (χ2v) is 7.02. The van der Waals surface area contributed by atoms with Crippen molar-refractivity contribution in [3.63, 3.8) is 0 Å². The molecule has 0 aromatic heterocycles. The summed E-state index contributed by atoms with van der Waals surface area (Å²) in [5, 5.41) is 4.33. The quantitative estimate of drug-likeness (QED) is 0.532.